The number of anilines is 1. The zero-order valence-electron chi connectivity index (χ0n) is 22.3. The van der Waals surface area contributed by atoms with Gasteiger partial charge in [-0.05, 0) is 72.6 Å². The van der Waals surface area contributed by atoms with Gasteiger partial charge < -0.3 is 19.7 Å². The summed E-state index contributed by atoms with van der Waals surface area (Å²) in [5.41, 5.74) is 0.971. The number of sulfonamides is 1. The number of hydrogen-bond acceptors (Lipinski definition) is 6. The molecular weight excluding hydrogens is 542 g/mol. The van der Waals surface area contributed by atoms with Crippen LogP contribution in [0.4, 0.5) is 5.69 Å². The number of ether oxygens (including phenoxy) is 2. The monoisotopic (exact) mass is 573 g/mol. The maximum Gasteiger partial charge on any atom is 0.264 e. The van der Waals surface area contributed by atoms with Crippen molar-refractivity contribution in [3.8, 4) is 11.5 Å². The third kappa shape index (κ3) is 7.21. The molecular formula is C28H32ClN3O6S. The normalized spacial score (nSPS) is 11.8. The van der Waals surface area contributed by atoms with Gasteiger partial charge in [0.05, 0.1) is 24.8 Å². The molecule has 1 unspecified atom stereocenters. The minimum Gasteiger partial charge on any atom is -0.497 e. The van der Waals surface area contributed by atoms with Gasteiger partial charge >= 0.3 is 0 Å². The molecule has 0 saturated carbocycles. The van der Waals surface area contributed by atoms with E-state index in [1.807, 2.05) is 6.07 Å². The predicted molar refractivity (Wildman–Crippen MR) is 151 cm³/mol. The van der Waals surface area contributed by atoms with Crippen LogP contribution in [0.5, 0.6) is 11.5 Å². The Labute approximate surface area is 234 Å². The first kappa shape index (κ1) is 29.8. The summed E-state index contributed by atoms with van der Waals surface area (Å²) >= 11 is 6.05. The zero-order chi connectivity index (χ0) is 28.6. The summed E-state index contributed by atoms with van der Waals surface area (Å²) in [7, 11) is 0.317. The number of nitrogens with zero attached hydrogens (tertiary/aromatic N) is 2. The molecule has 9 nitrogen and oxygen atoms in total. The first-order valence-electron chi connectivity index (χ1n) is 12.2. The van der Waals surface area contributed by atoms with E-state index in [1.54, 1.807) is 37.3 Å². The molecule has 0 heterocycles. The number of nitrogens with one attached hydrogen (secondary N) is 1. The van der Waals surface area contributed by atoms with Gasteiger partial charge in [0.2, 0.25) is 11.8 Å². The Hall–Kier alpha value is -3.76. The van der Waals surface area contributed by atoms with Crippen molar-refractivity contribution >= 4 is 39.1 Å². The molecule has 1 N–H and O–H groups in total. The molecule has 3 rings (SSSR count). The Morgan fingerprint density at radius 2 is 1.59 bits per heavy atom. The summed E-state index contributed by atoms with van der Waals surface area (Å²) in [6.07, 6.45) is 0.321. The van der Waals surface area contributed by atoms with Crippen LogP contribution in [-0.2, 0) is 26.2 Å². The topological polar surface area (TPSA) is 105 Å². The van der Waals surface area contributed by atoms with E-state index in [1.165, 1.54) is 62.6 Å². The van der Waals surface area contributed by atoms with Crippen molar-refractivity contribution in [3.05, 3.63) is 83.4 Å². The van der Waals surface area contributed by atoms with Gasteiger partial charge in [0.15, 0.2) is 0 Å². The largest absolute Gasteiger partial charge is 0.497 e. The fraction of sp³-hybridized carbons (Fsp3) is 0.286. The van der Waals surface area contributed by atoms with E-state index in [-0.39, 0.29) is 23.0 Å². The quantitative estimate of drug-likeness (QED) is 0.350. The Morgan fingerprint density at radius 1 is 0.949 bits per heavy atom. The fourth-order valence-corrected chi connectivity index (χ4v) is 5.60. The molecule has 0 aliphatic rings. The molecule has 2 amide bonds. The highest BCUT2D eigenvalue weighted by Crippen LogP contribution is 2.27. The molecule has 0 radical (unpaired) electrons. The second kappa shape index (κ2) is 13.3. The van der Waals surface area contributed by atoms with Crippen LogP contribution in [0, 0.1) is 0 Å². The Bertz CT molecular complexity index is 1380. The second-order valence-electron chi connectivity index (χ2n) is 8.58. The van der Waals surface area contributed by atoms with Gasteiger partial charge in [0, 0.05) is 18.6 Å². The van der Waals surface area contributed by atoms with Gasteiger partial charge in [-0.25, -0.2) is 8.42 Å². The molecule has 0 fully saturated rings. The summed E-state index contributed by atoms with van der Waals surface area (Å²) < 4.78 is 39.1. The number of methoxy groups -OCH3 is 2. The first-order chi connectivity index (χ1) is 18.6. The fourth-order valence-electron chi connectivity index (χ4n) is 4.06. The molecule has 3 aromatic rings. The molecule has 11 heteroatoms. The van der Waals surface area contributed by atoms with Crippen LogP contribution in [0.3, 0.4) is 0 Å². The highest BCUT2D eigenvalue weighted by Gasteiger charge is 2.33. The summed E-state index contributed by atoms with van der Waals surface area (Å²) in [5, 5.41) is 3.02. The number of carbonyl (C=O) groups is 2. The maximum absolute atomic E-state index is 13.9. The van der Waals surface area contributed by atoms with Crippen molar-refractivity contribution in [2.75, 3.05) is 32.1 Å². The molecule has 0 aromatic heterocycles. The van der Waals surface area contributed by atoms with Gasteiger partial charge in [-0.3, -0.25) is 13.9 Å². The van der Waals surface area contributed by atoms with Gasteiger partial charge in [-0.2, -0.15) is 0 Å². The third-order valence-electron chi connectivity index (χ3n) is 6.16. The van der Waals surface area contributed by atoms with E-state index < -0.39 is 28.5 Å². The number of benzene rings is 3. The molecule has 39 heavy (non-hydrogen) atoms. The number of hydrogen-bond donors (Lipinski definition) is 1. The standard InChI is InChI=1S/C28H32ClN3O6S/c1-5-26(28(34)30-2)31(18-20-7-6-8-24(17-20)38-4)27(33)19-32(22-11-9-21(29)10-12-22)39(35,36)25-15-13-23(37-3)14-16-25/h6-17,26H,5,18-19H2,1-4H3,(H,30,34). The lowest BCUT2D eigenvalue weighted by atomic mass is 10.1. The minimum atomic E-state index is -4.20. The van der Waals surface area contributed by atoms with E-state index in [0.717, 1.165) is 9.87 Å². The van der Waals surface area contributed by atoms with Gasteiger partial charge in [-0.1, -0.05) is 30.7 Å². The van der Waals surface area contributed by atoms with Gasteiger partial charge in [0.1, 0.15) is 24.1 Å². The first-order valence-corrected chi connectivity index (χ1v) is 14.0. The number of likely N-dealkylation sites (N-methyl/N-ethyl adjacent to an activating group) is 1. The smallest absolute Gasteiger partial charge is 0.264 e. The van der Waals surface area contributed by atoms with Crippen LogP contribution in [-0.4, -0.2) is 59.0 Å². The molecule has 3 aromatic carbocycles. The molecule has 0 bridgehead atoms. The van der Waals surface area contributed by atoms with Crippen LogP contribution < -0.4 is 19.1 Å². The summed E-state index contributed by atoms with van der Waals surface area (Å²) in [6.45, 7) is 1.31. The lowest BCUT2D eigenvalue weighted by Crippen LogP contribution is -2.51. The highest BCUT2D eigenvalue weighted by molar-refractivity contribution is 7.92. The summed E-state index contributed by atoms with van der Waals surface area (Å²) in [5.74, 6) is 0.173. The Kier molecular flexibility index (Phi) is 10.2. The van der Waals surface area contributed by atoms with Crippen molar-refractivity contribution < 1.29 is 27.5 Å². The molecule has 208 valence electrons. The van der Waals surface area contributed by atoms with Crippen molar-refractivity contribution in [1.29, 1.82) is 0 Å². The van der Waals surface area contributed by atoms with Crippen molar-refractivity contribution in [1.82, 2.24) is 10.2 Å². The van der Waals surface area contributed by atoms with Crippen LogP contribution >= 0.6 is 11.6 Å². The van der Waals surface area contributed by atoms with Crippen LogP contribution in [0.2, 0.25) is 5.02 Å². The van der Waals surface area contributed by atoms with E-state index in [0.29, 0.717) is 22.9 Å². The van der Waals surface area contributed by atoms with Crippen LogP contribution in [0.25, 0.3) is 0 Å². The second-order valence-corrected chi connectivity index (χ2v) is 10.9. The van der Waals surface area contributed by atoms with Crippen LogP contribution in [0.15, 0.2) is 77.7 Å². The summed E-state index contributed by atoms with van der Waals surface area (Å²) in [6, 6.07) is 18.3. The third-order valence-corrected chi connectivity index (χ3v) is 8.20. The minimum absolute atomic E-state index is 0.0243. The molecule has 1 atom stereocenters. The summed E-state index contributed by atoms with van der Waals surface area (Å²) in [4.78, 5) is 28.1. The van der Waals surface area contributed by atoms with Crippen molar-refractivity contribution in [2.45, 2.75) is 30.8 Å². The van der Waals surface area contributed by atoms with Gasteiger partial charge in [0.25, 0.3) is 10.0 Å². The predicted octanol–water partition coefficient (Wildman–Crippen LogP) is 4.11. The number of carbonyl (C=O) groups excluding carboxylic acids is 2. The number of halogens is 1. The average molecular weight is 574 g/mol. The maximum atomic E-state index is 13.9. The van der Waals surface area contributed by atoms with Crippen molar-refractivity contribution in [2.24, 2.45) is 0 Å². The molecule has 0 saturated heterocycles. The van der Waals surface area contributed by atoms with E-state index in [9.17, 15) is 18.0 Å². The Morgan fingerprint density at radius 3 is 2.15 bits per heavy atom. The van der Waals surface area contributed by atoms with Crippen molar-refractivity contribution in [3.63, 3.8) is 0 Å². The lowest BCUT2D eigenvalue weighted by molar-refractivity contribution is -0.140. The van der Waals surface area contributed by atoms with Gasteiger partial charge in [-0.15, -0.1) is 0 Å². The van der Waals surface area contributed by atoms with E-state index in [2.05, 4.69) is 5.32 Å². The zero-order valence-corrected chi connectivity index (χ0v) is 23.8. The SMILES string of the molecule is CCC(C(=O)NC)N(Cc1cccc(OC)c1)C(=O)CN(c1ccc(Cl)cc1)S(=O)(=O)c1ccc(OC)cc1. The lowest BCUT2D eigenvalue weighted by Gasteiger charge is -2.33. The molecule has 0 aliphatic carbocycles. The molecule has 0 aliphatic heterocycles. The van der Waals surface area contributed by atoms with E-state index in [4.69, 9.17) is 21.1 Å². The number of amides is 2. The Balaban J connectivity index is 2.05. The highest BCUT2D eigenvalue weighted by atomic mass is 35.5. The van der Waals surface area contributed by atoms with E-state index >= 15 is 0 Å². The molecule has 0 spiro atoms. The number of rotatable bonds is 12. The van der Waals surface area contributed by atoms with Crippen LogP contribution in [0.1, 0.15) is 18.9 Å². The average Bonchev–Trinajstić information content (AvgIpc) is 2.96.